The zero-order chi connectivity index (χ0) is 21.2. The van der Waals surface area contributed by atoms with E-state index in [1.807, 2.05) is 30.3 Å². The van der Waals surface area contributed by atoms with Gasteiger partial charge in [-0.15, -0.1) is 11.3 Å². The zero-order valence-corrected chi connectivity index (χ0v) is 17.6. The molecule has 0 atom stereocenters. The van der Waals surface area contributed by atoms with Gasteiger partial charge < -0.3 is 5.32 Å². The molecule has 1 fully saturated rings. The second-order valence-corrected chi connectivity index (χ2v) is 8.64. The summed E-state index contributed by atoms with van der Waals surface area (Å²) in [6.45, 7) is 0. The van der Waals surface area contributed by atoms with Crippen LogP contribution in [0.25, 0.3) is 21.5 Å². The first-order valence-corrected chi connectivity index (χ1v) is 11.2. The van der Waals surface area contributed by atoms with E-state index in [2.05, 4.69) is 20.4 Å². The van der Waals surface area contributed by atoms with Crippen molar-refractivity contribution in [2.24, 2.45) is 0 Å². The summed E-state index contributed by atoms with van der Waals surface area (Å²) in [6.07, 6.45) is 6.65. The molecule has 1 N–H and O–H groups in total. The summed E-state index contributed by atoms with van der Waals surface area (Å²) in [4.78, 5) is 33.4. The molecule has 0 bridgehead atoms. The molecule has 1 aromatic carbocycles. The van der Waals surface area contributed by atoms with Crippen molar-refractivity contribution < 1.29 is 4.79 Å². The van der Waals surface area contributed by atoms with E-state index in [1.165, 1.54) is 11.3 Å². The maximum Gasteiger partial charge on any atom is 0.267 e. The Kier molecular flexibility index (Phi) is 5.30. The number of carbonyl (C=O) groups excluding carboxylic acids is 1. The molecule has 3 heterocycles. The van der Waals surface area contributed by atoms with Gasteiger partial charge in [0.15, 0.2) is 0 Å². The van der Waals surface area contributed by atoms with E-state index in [1.54, 1.807) is 34.7 Å². The van der Waals surface area contributed by atoms with Crippen LogP contribution < -0.4 is 10.9 Å². The molecule has 0 saturated heterocycles. The monoisotopic (exact) mass is 431 g/mol. The molecule has 156 valence electrons. The second-order valence-electron chi connectivity index (χ2n) is 7.75. The number of carbonyl (C=O) groups is 1. The van der Waals surface area contributed by atoms with Crippen LogP contribution in [0.15, 0.2) is 65.2 Å². The number of benzene rings is 1. The third kappa shape index (κ3) is 4.11. The summed E-state index contributed by atoms with van der Waals surface area (Å²) in [5.41, 5.74) is 4.95. The Morgan fingerprint density at radius 3 is 2.65 bits per heavy atom. The topological polar surface area (TPSA) is 89.8 Å². The van der Waals surface area contributed by atoms with Gasteiger partial charge in [0.05, 0.1) is 27.5 Å². The van der Waals surface area contributed by atoms with Gasteiger partial charge in [-0.05, 0) is 62.1 Å². The number of aromatic nitrogens is 4. The van der Waals surface area contributed by atoms with Gasteiger partial charge in [0.1, 0.15) is 0 Å². The van der Waals surface area contributed by atoms with Crippen LogP contribution >= 0.6 is 11.3 Å². The molecule has 0 spiro atoms. The first-order chi connectivity index (χ1) is 15.2. The number of nitrogens with one attached hydrogen (secondary N) is 1. The first kappa shape index (κ1) is 19.6. The van der Waals surface area contributed by atoms with E-state index in [4.69, 9.17) is 0 Å². The van der Waals surface area contributed by atoms with Crippen molar-refractivity contribution in [2.75, 3.05) is 0 Å². The van der Waals surface area contributed by atoms with E-state index in [9.17, 15) is 9.59 Å². The van der Waals surface area contributed by atoms with Crippen molar-refractivity contribution in [1.82, 2.24) is 25.1 Å². The molecule has 0 aliphatic heterocycles. The lowest BCUT2D eigenvalue weighted by atomic mass is 9.91. The minimum atomic E-state index is -0.0943. The van der Waals surface area contributed by atoms with Crippen molar-refractivity contribution in [2.45, 2.75) is 37.8 Å². The number of thiazole rings is 1. The lowest BCUT2D eigenvalue weighted by Crippen LogP contribution is -2.39. The van der Waals surface area contributed by atoms with E-state index in [0.717, 1.165) is 47.2 Å². The number of pyridine rings is 1. The highest BCUT2D eigenvalue weighted by atomic mass is 32.1. The first-order valence-electron chi connectivity index (χ1n) is 10.3. The third-order valence-electron chi connectivity index (χ3n) is 5.77. The van der Waals surface area contributed by atoms with Crippen LogP contribution in [-0.4, -0.2) is 31.7 Å². The second kappa shape index (κ2) is 8.39. The quantitative estimate of drug-likeness (QED) is 0.530. The minimum Gasteiger partial charge on any atom is -0.349 e. The van der Waals surface area contributed by atoms with Gasteiger partial charge in [-0.2, -0.15) is 5.10 Å². The molecule has 0 radical (unpaired) electrons. The maximum absolute atomic E-state index is 12.7. The van der Waals surface area contributed by atoms with Gasteiger partial charge in [-0.1, -0.05) is 0 Å². The number of hydrogen-bond acceptors (Lipinski definition) is 6. The Morgan fingerprint density at radius 1 is 1.03 bits per heavy atom. The van der Waals surface area contributed by atoms with Crippen LogP contribution in [0.2, 0.25) is 0 Å². The SMILES string of the molecule is O=C(NC1CCC(n2nc(-c3ccncc3)ccc2=O)CC1)c1ccc2ncsc2c1. The van der Waals surface area contributed by atoms with Crippen LogP contribution in [0.5, 0.6) is 0 Å². The van der Waals surface area contributed by atoms with Crippen molar-refractivity contribution in [3.05, 3.63) is 76.3 Å². The van der Waals surface area contributed by atoms with E-state index < -0.39 is 0 Å². The number of hydrogen-bond donors (Lipinski definition) is 1. The number of rotatable bonds is 4. The standard InChI is InChI=1S/C23H21N5O2S/c29-22-8-7-19(15-9-11-24-12-10-15)27-28(22)18-4-2-17(3-5-18)26-23(30)16-1-6-20-21(13-16)31-14-25-20/h1,6-14,17-18H,2-5H2,(H,26,30). The highest BCUT2D eigenvalue weighted by Gasteiger charge is 2.25. The minimum absolute atomic E-state index is 0.0379. The molecule has 4 aromatic rings. The van der Waals surface area contributed by atoms with Gasteiger partial charge in [0, 0.05) is 35.6 Å². The van der Waals surface area contributed by atoms with Crippen molar-refractivity contribution in [3.8, 4) is 11.3 Å². The fourth-order valence-electron chi connectivity index (χ4n) is 4.09. The Bertz CT molecular complexity index is 1280. The average Bonchev–Trinajstić information content (AvgIpc) is 3.28. The highest BCUT2D eigenvalue weighted by molar-refractivity contribution is 7.16. The largest absolute Gasteiger partial charge is 0.349 e. The normalized spacial score (nSPS) is 18.7. The van der Waals surface area contributed by atoms with Gasteiger partial charge in [0.2, 0.25) is 0 Å². The number of nitrogens with zero attached hydrogens (tertiary/aromatic N) is 4. The van der Waals surface area contributed by atoms with Crippen molar-refractivity contribution in [3.63, 3.8) is 0 Å². The van der Waals surface area contributed by atoms with Gasteiger partial charge >= 0.3 is 0 Å². The van der Waals surface area contributed by atoms with Crippen LogP contribution in [0.4, 0.5) is 0 Å². The molecular formula is C23H21N5O2S. The molecule has 31 heavy (non-hydrogen) atoms. The van der Waals surface area contributed by atoms with Gasteiger partial charge in [-0.25, -0.2) is 9.67 Å². The molecule has 1 amide bonds. The highest BCUT2D eigenvalue weighted by Crippen LogP contribution is 2.28. The lowest BCUT2D eigenvalue weighted by Gasteiger charge is -2.29. The molecule has 8 heteroatoms. The van der Waals surface area contributed by atoms with E-state index in [0.29, 0.717) is 5.56 Å². The third-order valence-corrected chi connectivity index (χ3v) is 6.56. The smallest absolute Gasteiger partial charge is 0.267 e. The zero-order valence-electron chi connectivity index (χ0n) is 16.8. The van der Waals surface area contributed by atoms with Crippen LogP contribution in [0.3, 0.4) is 0 Å². The molecule has 7 nitrogen and oxygen atoms in total. The lowest BCUT2D eigenvalue weighted by molar-refractivity contribution is 0.0921. The molecule has 1 aliphatic rings. The van der Waals surface area contributed by atoms with E-state index >= 15 is 0 Å². The summed E-state index contributed by atoms with van der Waals surface area (Å²) in [7, 11) is 0. The fourth-order valence-corrected chi connectivity index (χ4v) is 4.81. The summed E-state index contributed by atoms with van der Waals surface area (Å²) in [6, 6.07) is 12.8. The summed E-state index contributed by atoms with van der Waals surface area (Å²) < 4.78 is 2.61. The molecule has 0 unspecified atom stereocenters. The van der Waals surface area contributed by atoms with Crippen molar-refractivity contribution in [1.29, 1.82) is 0 Å². The van der Waals surface area contributed by atoms with Gasteiger partial charge in [-0.3, -0.25) is 14.6 Å². The molecule has 3 aromatic heterocycles. The Balaban J connectivity index is 1.25. The predicted octanol–water partition coefficient (Wildman–Crippen LogP) is 3.83. The van der Waals surface area contributed by atoms with Crippen LogP contribution in [0.1, 0.15) is 42.1 Å². The average molecular weight is 432 g/mol. The predicted molar refractivity (Wildman–Crippen MR) is 120 cm³/mol. The molecule has 1 aliphatic carbocycles. The van der Waals surface area contributed by atoms with Crippen LogP contribution in [-0.2, 0) is 0 Å². The summed E-state index contributed by atoms with van der Waals surface area (Å²) in [5.74, 6) is -0.0614. The number of amides is 1. The molecule has 5 rings (SSSR count). The van der Waals surface area contributed by atoms with E-state index in [-0.39, 0.29) is 23.6 Å². The fraction of sp³-hybridized carbons (Fsp3) is 0.261. The summed E-state index contributed by atoms with van der Waals surface area (Å²) in [5, 5.41) is 7.75. The number of fused-ring (bicyclic) bond motifs is 1. The molecular weight excluding hydrogens is 410 g/mol. The Labute approximate surface area is 182 Å². The Hall–Kier alpha value is -3.39. The van der Waals surface area contributed by atoms with Crippen molar-refractivity contribution >= 4 is 27.5 Å². The van der Waals surface area contributed by atoms with Gasteiger partial charge in [0.25, 0.3) is 11.5 Å². The Morgan fingerprint density at radius 2 is 1.84 bits per heavy atom. The molecule has 1 saturated carbocycles. The van der Waals surface area contributed by atoms with Crippen LogP contribution in [0, 0.1) is 0 Å². The summed E-state index contributed by atoms with van der Waals surface area (Å²) >= 11 is 1.53. The maximum atomic E-state index is 12.7.